The SMILES string of the molecule is CC(C)CCCCNC(C)c1cc(Cl)ccc1Cl. The highest BCUT2D eigenvalue weighted by molar-refractivity contribution is 6.33. The molecule has 0 aliphatic rings. The van der Waals surface area contributed by atoms with Crippen molar-refractivity contribution in [1.82, 2.24) is 5.32 Å². The minimum Gasteiger partial charge on any atom is -0.310 e. The van der Waals surface area contributed by atoms with Crippen LogP contribution in [0.1, 0.15) is 51.6 Å². The lowest BCUT2D eigenvalue weighted by atomic mass is 10.1. The standard InChI is InChI=1S/C15H23Cl2N/c1-11(2)6-4-5-9-18-12(3)14-10-13(16)7-8-15(14)17/h7-8,10-12,18H,4-6,9H2,1-3H3. The van der Waals surface area contributed by atoms with Gasteiger partial charge in [-0.1, -0.05) is 49.9 Å². The summed E-state index contributed by atoms with van der Waals surface area (Å²) < 4.78 is 0. The van der Waals surface area contributed by atoms with Crippen LogP contribution in [0.5, 0.6) is 0 Å². The van der Waals surface area contributed by atoms with Gasteiger partial charge in [-0.15, -0.1) is 0 Å². The van der Waals surface area contributed by atoms with E-state index in [1.165, 1.54) is 19.3 Å². The predicted octanol–water partition coefficient (Wildman–Crippen LogP) is 5.47. The molecule has 0 saturated heterocycles. The molecule has 1 aromatic carbocycles. The number of hydrogen-bond donors (Lipinski definition) is 1. The van der Waals surface area contributed by atoms with Gasteiger partial charge in [0.15, 0.2) is 0 Å². The summed E-state index contributed by atoms with van der Waals surface area (Å²) in [4.78, 5) is 0. The Balaban J connectivity index is 2.36. The molecule has 0 aliphatic carbocycles. The van der Waals surface area contributed by atoms with Gasteiger partial charge in [0.1, 0.15) is 0 Å². The fourth-order valence-corrected chi connectivity index (χ4v) is 2.41. The van der Waals surface area contributed by atoms with Gasteiger partial charge in [0.25, 0.3) is 0 Å². The average Bonchev–Trinajstić information content (AvgIpc) is 2.31. The molecule has 1 N–H and O–H groups in total. The molecule has 0 heterocycles. The molecule has 1 aromatic rings. The first-order valence-electron chi connectivity index (χ1n) is 6.69. The summed E-state index contributed by atoms with van der Waals surface area (Å²) in [5.74, 6) is 0.796. The minimum absolute atomic E-state index is 0.246. The molecular weight excluding hydrogens is 265 g/mol. The van der Waals surface area contributed by atoms with Crippen molar-refractivity contribution in [3.05, 3.63) is 33.8 Å². The fourth-order valence-electron chi connectivity index (χ4n) is 1.95. The van der Waals surface area contributed by atoms with Crippen LogP contribution in [0.15, 0.2) is 18.2 Å². The average molecular weight is 288 g/mol. The third kappa shape index (κ3) is 5.60. The smallest absolute Gasteiger partial charge is 0.0454 e. The Labute approximate surface area is 121 Å². The monoisotopic (exact) mass is 287 g/mol. The number of benzene rings is 1. The largest absolute Gasteiger partial charge is 0.310 e. The molecule has 0 aromatic heterocycles. The van der Waals surface area contributed by atoms with Crippen molar-refractivity contribution >= 4 is 23.2 Å². The molecule has 102 valence electrons. The van der Waals surface area contributed by atoms with E-state index < -0.39 is 0 Å². The molecule has 0 amide bonds. The van der Waals surface area contributed by atoms with Crippen LogP contribution in [0.4, 0.5) is 0 Å². The maximum atomic E-state index is 6.17. The van der Waals surface area contributed by atoms with Crippen LogP contribution in [-0.4, -0.2) is 6.54 Å². The molecule has 0 bridgehead atoms. The number of hydrogen-bond acceptors (Lipinski definition) is 1. The molecule has 1 unspecified atom stereocenters. The van der Waals surface area contributed by atoms with E-state index in [4.69, 9.17) is 23.2 Å². The van der Waals surface area contributed by atoms with Crippen molar-refractivity contribution in [1.29, 1.82) is 0 Å². The lowest BCUT2D eigenvalue weighted by Gasteiger charge is -2.16. The molecule has 0 spiro atoms. The van der Waals surface area contributed by atoms with E-state index in [0.29, 0.717) is 0 Å². The van der Waals surface area contributed by atoms with Crippen LogP contribution in [0.3, 0.4) is 0 Å². The van der Waals surface area contributed by atoms with Crippen molar-refractivity contribution in [3.63, 3.8) is 0 Å². The van der Waals surface area contributed by atoms with Crippen LogP contribution in [0.2, 0.25) is 10.0 Å². The van der Waals surface area contributed by atoms with E-state index >= 15 is 0 Å². The number of halogens is 2. The molecule has 1 atom stereocenters. The van der Waals surface area contributed by atoms with E-state index in [9.17, 15) is 0 Å². The molecule has 3 heteroatoms. The molecular formula is C15H23Cl2N. The Morgan fingerprint density at radius 3 is 2.50 bits per heavy atom. The van der Waals surface area contributed by atoms with Crippen LogP contribution < -0.4 is 5.32 Å². The molecule has 0 aliphatic heterocycles. The van der Waals surface area contributed by atoms with Gasteiger partial charge in [0.05, 0.1) is 0 Å². The van der Waals surface area contributed by atoms with E-state index in [1.807, 2.05) is 18.2 Å². The third-order valence-electron chi connectivity index (χ3n) is 3.08. The number of nitrogens with one attached hydrogen (secondary N) is 1. The zero-order valence-electron chi connectivity index (χ0n) is 11.5. The van der Waals surface area contributed by atoms with Crippen LogP contribution in [-0.2, 0) is 0 Å². The van der Waals surface area contributed by atoms with Crippen molar-refractivity contribution in [2.45, 2.75) is 46.1 Å². The van der Waals surface area contributed by atoms with Gasteiger partial charge < -0.3 is 5.32 Å². The normalized spacial score (nSPS) is 13.0. The van der Waals surface area contributed by atoms with Gasteiger partial charge in [0.2, 0.25) is 0 Å². The number of rotatable bonds is 7. The summed E-state index contributed by atoms with van der Waals surface area (Å²) in [6.45, 7) is 7.68. The van der Waals surface area contributed by atoms with Gasteiger partial charge in [-0.25, -0.2) is 0 Å². The van der Waals surface area contributed by atoms with E-state index in [2.05, 4.69) is 26.1 Å². The van der Waals surface area contributed by atoms with Crippen molar-refractivity contribution in [2.75, 3.05) is 6.54 Å². The first kappa shape index (κ1) is 15.8. The first-order chi connectivity index (χ1) is 8.50. The zero-order chi connectivity index (χ0) is 13.5. The highest BCUT2D eigenvalue weighted by Gasteiger charge is 2.09. The topological polar surface area (TPSA) is 12.0 Å². The lowest BCUT2D eigenvalue weighted by Crippen LogP contribution is -2.20. The summed E-state index contributed by atoms with van der Waals surface area (Å²) in [5, 5.41) is 5.02. The van der Waals surface area contributed by atoms with Gasteiger partial charge >= 0.3 is 0 Å². The van der Waals surface area contributed by atoms with Crippen LogP contribution >= 0.6 is 23.2 Å². The summed E-state index contributed by atoms with van der Waals surface area (Å²) in [5.41, 5.74) is 1.08. The summed E-state index contributed by atoms with van der Waals surface area (Å²) >= 11 is 12.2. The summed E-state index contributed by atoms with van der Waals surface area (Å²) in [6, 6.07) is 5.87. The molecule has 18 heavy (non-hydrogen) atoms. The van der Waals surface area contributed by atoms with E-state index in [0.717, 1.165) is 28.1 Å². The Kier molecular flexibility index (Phi) is 7.06. The highest BCUT2D eigenvalue weighted by Crippen LogP contribution is 2.26. The Morgan fingerprint density at radius 1 is 1.11 bits per heavy atom. The fraction of sp³-hybridized carbons (Fsp3) is 0.600. The first-order valence-corrected chi connectivity index (χ1v) is 7.44. The van der Waals surface area contributed by atoms with Gasteiger partial charge in [-0.2, -0.15) is 0 Å². The van der Waals surface area contributed by atoms with Crippen molar-refractivity contribution in [2.24, 2.45) is 5.92 Å². The molecule has 0 radical (unpaired) electrons. The Hall–Kier alpha value is -0.240. The second-order valence-electron chi connectivity index (χ2n) is 5.23. The lowest BCUT2D eigenvalue weighted by molar-refractivity contribution is 0.498. The predicted molar refractivity (Wildman–Crippen MR) is 81.6 cm³/mol. The van der Waals surface area contributed by atoms with E-state index in [1.54, 1.807) is 0 Å². The molecule has 0 saturated carbocycles. The van der Waals surface area contributed by atoms with Crippen LogP contribution in [0.25, 0.3) is 0 Å². The van der Waals surface area contributed by atoms with Crippen molar-refractivity contribution < 1.29 is 0 Å². The second-order valence-corrected chi connectivity index (χ2v) is 6.07. The maximum Gasteiger partial charge on any atom is 0.0454 e. The second kappa shape index (κ2) is 8.04. The quantitative estimate of drug-likeness (QED) is 0.656. The summed E-state index contributed by atoms with van der Waals surface area (Å²) in [7, 11) is 0. The van der Waals surface area contributed by atoms with Gasteiger partial charge in [-0.3, -0.25) is 0 Å². The third-order valence-corrected chi connectivity index (χ3v) is 3.66. The maximum absolute atomic E-state index is 6.17. The molecule has 0 fully saturated rings. The Bertz CT molecular complexity index is 364. The van der Waals surface area contributed by atoms with Crippen LogP contribution in [0, 0.1) is 5.92 Å². The minimum atomic E-state index is 0.246. The number of unbranched alkanes of at least 4 members (excludes halogenated alkanes) is 1. The zero-order valence-corrected chi connectivity index (χ0v) is 13.0. The van der Waals surface area contributed by atoms with E-state index in [-0.39, 0.29) is 6.04 Å². The van der Waals surface area contributed by atoms with Crippen molar-refractivity contribution in [3.8, 4) is 0 Å². The molecule has 1 nitrogen and oxygen atoms in total. The Morgan fingerprint density at radius 2 is 1.83 bits per heavy atom. The van der Waals surface area contributed by atoms with Gasteiger partial charge in [-0.05, 0) is 49.6 Å². The van der Waals surface area contributed by atoms with Gasteiger partial charge in [0, 0.05) is 16.1 Å². The molecule has 1 rings (SSSR count). The summed E-state index contributed by atoms with van der Waals surface area (Å²) in [6.07, 6.45) is 3.79. The highest BCUT2D eigenvalue weighted by atomic mass is 35.5.